The quantitative estimate of drug-likeness (QED) is 0.713. The van der Waals surface area contributed by atoms with Crippen LogP contribution in [0.15, 0.2) is 42.7 Å². The van der Waals surface area contributed by atoms with Gasteiger partial charge in [0, 0.05) is 55.7 Å². The number of rotatable bonds is 5. The average Bonchev–Trinajstić information content (AvgIpc) is 3.30. The number of carbonyl (C=O) groups excluding carboxylic acids is 2. The molecule has 2 fully saturated rings. The molecule has 1 N–H and O–H groups in total. The standard InChI is InChI=1S/C28H36N4O2/c1-31(23-13-17-32(18-14-23)24-11-15-29-16-12-24)28(34)22-7-9-25-21(19-22)8-10-26(25)30-27(33)20-5-3-2-4-6-20/h7,9,11-12,15-16,19-20,23,26H,2-6,8,10,13-14,17-18H2,1H3,(H,30,33). The van der Waals surface area contributed by atoms with Gasteiger partial charge in [-0.3, -0.25) is 14.6 Å². The number of nitrogens with one attached hydrogen (secondary N) is 1. The Morgan fingerprint density at radius 3 is 2.44 bits per heavy atom. The van der Waals surface area contributed by atoms with E-state index >= 15 is 0 Å². The lowest BCUT2D eigenvalue weighted by molar-refractivity contribution is -0.126. The molecule has 1 unspecified atom stereocenters. The summed E-state index contributed by atoms with van der Waals surface area (Å²) in [6, 6.07) is 10.5. The number of nitrogens with zero attached hydrogens (tertiary/aromatic N) is 3. The Morgan fingerprint density at radius 2 is 1.71 bits per heavy atom. The number of anilines is 1. The smallest absolute Gasteiger partial charge is 0.253 e. The highest BCUT2D eigenvalue weighted by molar-refractivity contribution is 5.94. The van der Waals surface area contributed by atoms with Gasteiger partial charge in [-0.25, -0.2) is 0 Å². The molecule has 180 valence electrons. The van der Waals surface area contributed by atoms with E-state index in [1.165, 1.54) is 36.1 Å². The highest BCUT2D eigenvalue weighted by atomic mass is 16.2. The minimum Gasteiger partial charge on any atom is -0.371 e. The van der Waals surface area contributed by atoms with Gasteiger partial charge in [0.15, 0.2) is 0 Å². The maximum Gasteiger partial charge on any atom is 0.253 e. The van der Waals surface area contributed by atoms with E-state index in [1.54, 1.807) is 0 Å². The van der Waals surface area contributed by atoms with Gasteiger partial charge in [-0.05, 0) is 73.9 Å². The summed E-state index contributed by atoms with van der Waals surface area (Å²) in [6.07, 6.45) is 13.1. The number of carbonyl (C=O) groups is 2. The first kappa shape index (κ1) is 22.9. The van der Waals surface area contributed by atoms with Crippen molar-refractivity contribution in [3.63, 3.8) is 0 Å². The molecule has 1 aromatic carbocycles. The van der Waals surface area contributed by atoms with Gasteiger partial charge in [0.1, 0.15) is 0 Å². The molecule has 2 amide bonds. The lowest BCUT2D eigenvalue weighted by Gasteiger charge is -2.37. The molecule has 0 radical (unpaired) electrons. The van der Waals surface area contributed by atoms with Crippen LogP contribution in [0.5, 0.6) is 0 Å². The van der Waals surface area contributed by atoms with Crippen molar-refractivity contribution in [2.24, 2.45) is 5.92 Å². The van der Waals surface area contributed by atoms with Crippen LogP contribution in [-0.2, 0) is 11.2 Å². The van der Waals surface area contributed by atoms with E-state index in [1.807, 2.05) is 42.5 Å². The molecule has 2 heterocycles. The van der Waals surface area contributed by atoms with Crippen LogP contribution in [0.25, 0.3) is 0 Å². The molecule has 1 atom stereocenters. The van der Waals surface area contributed by atoms with Gasteiger partial charge >= 0.3 is 0 Å². The van der Waals surface area contributed by atoms with Crippen LogP contribution in [0.1, 0.15) is 78.9 Å². The highest BCUT2D eigenvalue weighted by Crippen LogP contribution is 2.33. The molecule has 1 saturated heterocycles. The third kappa shape index (κ3) is 4.82. The molecule has 0 spiro atoms. The zero-order valence-corrected chi connectivity index (χ0v) is 20.2. The number of piperidine rings is 1. The van der Waals surface area contributed by atoms with E-state index < -0.39 is 0 Å². The van der Waals surface area contributed by atoms with E-state index in [9.17, 15) is 9.59 Å². The normalized spacial score (nSPS) is 21.2. The number of benzene rings is 1. The van der Waals surface area contributed by atoms with Crippen LogP contribution < -0.4 is 10.2 Å². The summed E-state index contributed by atoms with van der Waals surface area (Å²) in [7, 11) is 1.94. The van der Waals surface area contributed by atoms with Crippen molar-refractivity contribution in [1.82, 2.24) is 15.2 Å². The number of hydrogen-bond donors (Lipinski definition) is 1. The van der Waals surface area contributed by atoms with Crippen LogP contribution in [-0.4, -0.2) is 47.9 Å². The second kappa shape index (κ2) is 10.2. The first-order valence-corrected chi connectivity index (χ1v) is 13.0. The summed E-state index contributed by atoms with van der Waals surface area (Å²) in [5, 5.41) is 3.30. The Hall–Kier alpha value is -2.89. The summed E-state index contributed by atoms with van der Waals surface area (Å²) in [4.78, 5) is 34.4. The maximum absolute atomic E-state index is 13.3. The predicted molar refractivity (Wildman–Crippen MR) is 134 cm³/mol. The Labute approximate surface area is 202 Å². The minimum atomic E-state index is 0.0869. The summed E-state index contributed by atoms with van der Waals surface area (Å²) < 4.78 is 0. The molecular weight excluding hydrogens is 424 g/mol. The lowest BCUT2D eigenvalue weighted by atomic mass is 9.88. The molecule has 34 heavy (non-hydrogen) atoms. The summed E-state index contributed by atoms with van der Waals surface area (Å²) in [5.41, 5.74) is 4.36. The number of hydrogen-bond acceptors (Lipinski definition) is 4. The van der Waals surface area contributed by atoms with Crippen molar-refractivity contribution in [2.75, 3.05) is 25.0 Å². The molecule has 2 aromatic rings. The molecular formula is C28H36N4O2. The summed E-state index contributed by atoms with van der Waals surface area (Å²) >= 11 is 0. The Kier molecular flexibility index (Phi) is 6.84. The fourth-order valence-electron chi connectivity index (χ4n) is 5.99. The third-order valence-electron chi connectivity index (χ3n) is 8.12. The van der Waals surface area contributed by atoms with Gasteiger partial charge < -0.3 is 15.1 Å². The van der Waals surface area contributed by atoms with Gasteiger partial charge in [0.2, 0.25) is 5.91 Å². The average molecular weight is 461 g/mol. The molecule has 1 saturated carbocycles. The first-order chi connectivity index (χ1) is 16.6. The summed E-state index contributed by atoms with van der Waals surface area (Å²) in [5.74, 6) is 0.493. The predicted octanol–water partition coefficient (Wildman–Crippen LogP) is 4.51. The van der Waals surface area contributed by atoms with Gasteiger partial charge in [0.25, 0.3) is 5.91 Å². The second-order valence-electron chi connectivity index (χ2n) is 10.2. The lowest BCUT2D eigenvalue weighted by Crippen LogP contribution is -2.45. The van der Waals surface area contributed by atoms with Crippen molar-refractivity contribution >= 4 is 17.5 Å². The molecule has 3 aliphatic rings. The molecule has 2 aliphatic carbocycles. The van der Waals surface area contributed by atoms with E-state index in [-0.39, 0.29) is 29.8 Å². The Morgan fingerprint density at radius 1 is 0.971 bits per heavy atom. The number of fused-ring (bicyclic) bond motifs is 1. The zero-order chi connectivity index (χ0) is 23.5. The van der Waals surface area contributed by atoms with Gasteiger partial charge in [-0.15, -0.1) is 0 Å². The van der Waals surface area contributed by atoms with Crippen molar-refractivity contribution in [2.45, 2.75) is 69.9 Å². The first-order valence-electron chi connectivity index (χ1n) is 13.0. The number of aromatic nitrogens is 1. The van der Waals surface area contributed by atoms with Crippen molar-refractivity contribution in [3.8, 4) is 0 Å². The monoisotopic (exact) mass is 460 g/mol. The van der Waals surface area contributed by atoms with Gasteiger partial charge in [-0.1, -0.05) is 25.3 Å². The van der Waals surface area contributed by atoms with Crippen molar-refractivity contribution in [1.29, 1.82) is 0 Å². The van der Waals surface area contributed by atoms with Crippen molar-refractivity contribution in [3.05, 3.63) is 59.4 Å². The largest absolute Gasteiger partial charge is 0.371 e. The third-order valence-corrected chi connectivity index (χ3v) is 8.12. The van der Waals surface area contributed by atoms with Crippen LogP contribution in [0.3, 0.4) is 0 Å². The second-order valence-corrected chi connectivity index (χ2v) is 10.2. The van der Waals surface area contributed by atoms with Crippen LogP contribution >= 0.6 is 0 Å². The van der Waals surface area contributed by atoms with E-state index in [4.69, 9.17) is 0 Å². The Bertz CT molecular complexity index is 1010. The van der Waals surface area contributed by atoms with Gasteiger partial charge in [0.05, 0.1) is 6.04 Å². The number of pyridine rings is 1. The van der Waals surface area contributed by atoms with E-state index in [2.05, 4.69) is 27.3 Å². The van der Waals surface area contributed by atoms with Crippen LogP contribution in [0.2, 0.25) is 0 Å². The molecule has 1 aliphatic heterocycles. The Balaban J connectivity index is 1.19. The number of amides is 2. The molecule has 6 heteroatoms. The fourth-order valence-corrected chi connectivity index (χ4v) is 5.99. The molecule has 5 rings (SSSR count). The van der Waals surface area contributed by atoms with Crippen molar-refractivity contribution < 1.29 is 9.59 Å². The van der Waals surface area contributed by atoms with E-state index in [0.29, 0.717) is 0 Å². The minimum absolute atomic E-state index is 0.0869. The SMILES string of the molecule is CN(C(=O)c1ccc2c(c1)CCC2NC(=O)C1CCCCC1)C1CCN(c2ccncc2)CC1. The van der Waals surface area contributed by atoms with Crippen LogP contribution in [0.4, 0.5) is 5.69 Å². The number of aryl methyl sites for hydroxylation is 1. The van der Waals surface area contributed by atoms with E-state index in [0.717, 1.165) is 57.2 Å². The maximum atomic E-state index is 13.3. The topological polar surface area (TPSA) is 65.5 Å². The summed E-state index contributed by atoms with van der Waals surface area (Å²) in [6.45, 7) is 1.89. The molecule has 1 aromatic heterocycles. The molecule has 6 nitrogen and oxygen atoms in total. The van der Waals surface area contributed by atoms with Gasteiger partial charge in [-0.2, -0.15) is 0 Å². The van der Waals surface area contributed by atoms with Crippen LogP contribution in [0, 0.1) is 5.92 Å². The molecule has 0 bridgehead atoms. The zero-order valence-electron chi connectivity index (χ0n) is 20.2. The highest BCUT2D eigenvalue weighted by Gasteiger charge is 2.30. The fraction of sp³-hybridized carbons (Fsp3) is 0.536.